The fourth-order valence-electron chi connectivity index (χ4n) is 1.59. The molecular formula is C14H20N2. The van der Waals surface area contributed by atoms with Crippen LogP contribution in [0, 0.1) is 13.8 Å². The van der Waals surface area contributed by atoms with Gasteiger partial charge in [-0.3, -0.25) is 4.99 Å². The molecule has 1 aromatic carbocycles. The summed E-state index contributed by atoms with van der Waals surface area (Å²) in [6, 6.07) is 6.36. The molecule has 16 heavy (non-hydrogen) atoms. The highest BCUT2D eigenvalue weighted by Gasteiger charge is 2.03. The van der Waals surface area contributed by atoms with Gasteiger partial charge in [-0.2, -0.15) is 0 Å². The molecule has 0 radical (unpaired) electrons. The van der Waals surface area contributed by atoms with Crippen LogP contribution in [0.25, 0.3) is 0 Å². The van der Waals surface area contributed by atoms with Crippen LogP contribution in [0.5, 0.6) is 0 Å². The second-order valence-corrected chi connectivity index (χ2v) is 3.97. The lowest BCUT2D eigenvalue weighted by Gasteiger charge is -2.05. The first-order valence-electron chi connectivity index (χ1n) is 5.76. The lowest BCUT2D eigenvalue weighted by molar-refractivity contribution is 1.01. The summed E-state index contributed by atoms with van der Waals surface area (Å²) < 4.78 is 0. The van der Waals surface area contributed by atoms with E-state index < -0.39 is 0 Å². The van der Waals surface area contributed by atoms with Crippen molar-refractivity contribution in [2.75, 3.05) is 7.05 Å². The average molecular weight is 216 g/mol. The molecule has 0 amide bonds. The molecule has 0 saturated carbocycles. The number of rotatable bonds is 3. The number of benzene rings is 1. The van der Waals surface area contributed by atoms with E-state index in [1.807, 2.05) is 6.21 Å². The normalized spacial score (nSPS) is 12.4. The molecule has 0 N–H and O–H groups in total. The molecule has 0 spiro atoms. The van der Waals surface area contributed by atoms with E-state index in [0.717, 1.165) is 24.2 Å². The summed E-state index contributed by atoms with van der Waals surface area (Å²) in [4.78, 5) is 8.66. The average Bonchev–Trinajstić information content (AvgIpc) is 2.26. The smallest absolute Gasteiger partial charge is 0.154 e. The fraction of sp³-hybridized carbons (Fsp3) is 0.429. The Hall–Kier alpha value is -1.44. The third kappa shape index (κ3) is 3.30. The molecule has 0 unspecified atom stereocenters. The standard InChI is InChI=1S/C14H20N2/c1-5-6-9-16-14(15-4)13-8-7-11(2)10-12(13)3/h7-10H,5-6H2,1-4H3/b15-14-,16-9-. The van der Waals surface area contributed by atoms with Crippen LogP contribution in [0.4, 0.5) is 0 Å². The number of nitrogens with zero attached hydrogens (tertiary/aromatic N) is 2. The highest BCUT2D eigenvalue weighted by Crippen LogP contribution is 2.12. The summed E-state index contributed by atoms with van der Waals surface area (Å²) in [6.45, 7) is 6.34. The molecule has 0 aliphatic heterocycles. The summed E-state index contributed by atoms with van der Waals surface area (Å²) >= 11 is 0. The topological polar surface area (TPSA) is 24.7 Å². The zero-order valence-electron chi connectivity index (χ0n) is 10.6. The quantitative estimate of drug-likeness (QED) is 0.545. The zero-order chi connectivity index (χ0) is 12.0. The third-order valence-electron chi connectivity index (χ3n) is 2.47. The van der Waals surface area contributed by atoms with Crippen molar-refractivity contribution in [1.29, 1.82) is 0 Å². The van der Waals surface area contributed by atoms with Gasteiger partial charge in [0, 0.05) is 18.8 Å². The van der Waals surface area contributed by atoms with Gasteiger partial charge in [0.1, 0.15) is 0 Å². The van der Waals surface area contributed by atoms with Gasteiger partial charge in [0.25, 0.3) is 0 Å². The first-order chi connectivity index (χ1) is 7.69. The molecule has 0 atom stereocenters. The van der Waals surface area contributed by atoms with Crippen molar-refractivity contribution in [3.05, 3.63) is 34.9 Å². The first-order valence-corrected chi connectivity index (χ1v) is 5.76. The van der Waals surface area contributed by atoms with Crippen LogP contribution in [-0.2, 0) is 0 Å². The zero-order valence-corrected chi connectivity index (χ0v) is 10.6. The summed E-state index contributed by atoms with van der Waals surface area (Å²) in [5.41, 5.74) is 3.63. The second kappa shape index (κ2) is 6.21. The number of unbranched alkanes of at least 4 members (excludes halogenated alkanes) is 1. The Morgan fingerprint density at radius 1 is 1.31 bits per heavy atom. The number of hydrogen-bond donors (Lipinski definition) is 0. The van der Waals surface area contributed by atoms with Crippen molar-refractivity contribution in [3.8, 4) is 0 Å². The van der Waals surface area contributed by atoms with E-state index in [9.17, 15) is 0 Å². The molecule has 86 valence electrons. The molecule has 0 fully saturated rings. The van der Waals surface area contributed by atoms with Crippen LogP contribution in [0.15, 0.2) is 28.2 Å². The molecule has 0 aromatic heterocycles. The molecular weight excluding hydrogens is 196 g/mol. The van der Waals surface area contributed by atoms with Crippen molar-refractivity contribution in [3.63, 3.8) is 0 Å². The largest absolute Gasteiger partial charge is 0.270 e. The fourth-order valence-corrected chi connectivity index (χ4v) is 1.59. The third-order valence-corrected chi connectivity index (χ3v) is 2.47. The molecule has 0 bridgehead atoms. The van der Waals surface area contributed by atoms with Crippen LogP contribution in [-0.4, -0.2) is 19.1 Å². The predicted molar refractivity (Wildman–Crippen MR) is 71.8 cm³/mol. The van der Waals surface area contributed by atoms with Crippen LogP contribution < -0.4 is 0 Å². The van der Waals surface area contributed by atoms with Gasteiger partial charge in [-0.05, 0) is 25.8 Å². The van der Waals surface area contributed by atoms with Gasteiger partial charge in [-0.15, -0.1) is 0 Å². The van der Waals surface area contributed by atoms with Gasteiger partial charge in [-0.1, -0.05) is 37.1 Å². The molecule has 1 rings (SSSR count). The summed E-state index contributed by atoms with van der Waals surface area (Å²) in [5.74, 6) is 0.825. The molecule has 0 aliphatic carbocycles. The van der Waals surface area contributed by atoms with Gasteiger partial charge in [0.05, 0.1) is 0 Å². The van der Waals surface area contributed by atoms with Crippen molar-refractivity contribution in [2.24, 2.45) is 9.98 Å². The molecule has 2 heteroatoms. The molecule has 1 aromatic rings. The maximum absolute atomic E-state index is 4.42. The minimum atomic E-state index is 0.825. The van der Waals surface area contributed by atoms with E-state index >= 15 is 0 Å². The van der Waals surface area contributed by atoms with Crippen molar-refractivity contribution in [1.82, 2.24) is 0 Å². The Morgan fingerprint density at radius 3 is 2.62 bits per heavy atom. The summed E-state index contributed by atoms with van der Waals surface area (Å²) in [7, 11) is 1.79. The Morgan fingerprint density at radius 2 is 2.06 bits per heavy atom. The van der Waals surface area contributed by atoms with E-state index in [-0.39, 0.29) is 0 Å². The van der Waals surface area contributed by atoms with Crippen molar-refractivity contribution >= 4 is 12.1 Å². The van der Waals surface area contributed by atoms with Gasteiger partial charge in [-0.25, -0.2) is 4.99 Å². The maximum atomic E-state index is 4.42. The minimum absolute atomic E-state index is 0.825. The highest BCUT2D eigenvalue weighted by atomic mass is 14.9. The van der Waals surface area contributed by atoms with Gasteiger partial charge in [0.15, 0.2) is 5.84 Å². The lowest BCUT2D eigenvalue weighted by atomic mass is 10.1. The lowest BCUT2D eigenvalue weighted by Crippen LogP contribution is -2.01. The van der Waals surface area contributed by atoms with E-state index in [2.05, 4.69) is 49.0 Å². The Kier molecular flexibility index (Phi) is 4.90. The molecule has 0 aliphatic rings. The Labute approximate surface area is 98.1 Å². The van der Waals surface area contributed by atoms with E-state index in [1.165, 1.54) is 11.1 Å². The number of aryl methyl sites for hydroxylation is 2. The van der Waals surface area contributed by atoms with Gasteiger partial charge < -0.3 is 0 Å². The highest BCUT2D eigenvalue weighted by molar-refractivity contribution is 6.04. The van der Waals surface area contributed by atoms with Crippen LogP contribution >= 0.6 is 0 Å². The summed E-state index contributed by atoms with van der Waals surface area (Å²) in [5, 5.41) is 0. The SMILES string of the molecule is CCC/C=N\C(=N/C)c1ccc(C)cc1C. The van der Waals surface area contributed by atoms with Gasteiger partial charge in [0.2, 0.25) is 0 Å². The van der Waals surface area contributed by atoms with Crippen LogP contribution in [0.2, 0.25) is 0 Å². The monoisotopic (exact) mass is 216 g/mol. The minimum Gasteiger partial charge on any atom is -0.270 e. The van der Waals surface area contributed by atoms with E-state index in [1.54, 1.807) is 7.05 Å². The number of hydrogen-bond acceptors (Lipinski definition) is 1. The van der Waals surface area contributed by atoms with Crippen molar-refractivity contribution in [2.45, 2.75) is 33.6 Å². The second-order valence-electron chi connectivity index (χ2n) is 3.97. The maximum Gasteiger partial charge on any atom is 0.154 e. The number of amidine groups is 1. The molecule has 2 nitrogen and oxygen atoms in total. The Bertz CT molecular complexity index is 403. The van der Waals surface area contributed by atoms with Crippen molar-refractivity contribution < 1.29 is 0 Å². The van der Waals surface area contributed by atoms with Crippen LogP contribution in [0.3, 0.4) is 0 Å². The molecule has 0 saturated heterocycles. The summed E-state index contributed by atoms with van der Waals surface area (Å²) in [6.07, 6.45) is 4.07. The van der Waals surface area contributed by atoms with E-state index in [4.69, 9.17) is 0 Å². The van der Waals surface area contributed by atoms with Gasteiger partial charge >= 0.3 is 0 Å². The van der Waals surface area contributed by atoms with Crippen LogP contribution in [0.1, 0.15) is 36.5 Å². The molecule has 0 heterocycles. The first kappa shape index (κ1) is 12.6. The Balaban J connectivity index is 2.96. The van der Waals surface area contributed by atoms with E-state index in [0.29, 0.717) is 0 Å². The number of aliphatic imine (C=N–C) groups is 2. The predicted octanol–water partition coefficient (Wildman–Crippen LogP) is 3.55.